The highest BCUT2D eigenvalue weighted by Gasteiger charge is 2.23. The number of aryl methyl sites for hydroxylation is 1. The Kier molecular flexibility index (Phi) is 6.40. The summed E-state index contributed by atoms with van der Waals surface area (Å²) < 4.78 is 6.02. The fourth-order valence-electron chi connectivity index (χ4n) is 3.94. The Labute approximate surface area is 208 Å². The van der Waals surface area contributed by atoms with E-state index in [1.807, 2.05) is 91.9 Å². The maximum absolute atomic E-state index is 13.3. The van der Waals surface area contributed by atoms with Crippen LogP contribution in [-0.2, 0) is 4.79 Å². The molecule has 0 aliphatic carbocycles. The van der Waals surface area contributed by atoms with Gasteiger partial charge in [0.15, 0.2) is 11.6 Å². The Morgan fingerprint density at radius 3 is 2.25 bits per heavy atom. The van der Waals surface area contributed by atoms with E-state index in [-0.39, 0.29) is 23.3 Å². The van der Waals surface area contributed by atoms with Crippen molar-refractivity contribution in [3.05, 3.63) is 114 Å². The molecule has 36 heavy (non-hydrogen) atoms. The molecule has 0 radical (unpaired) electrons. The van der Waals surface area contributed by atoms with Crippen LogP contribution in [0.25, 0.3) is 10.9 Å². The Hall–Kier alpha value is -4.98. The van der Waals surface area contributed by atoms with Crippen LogP contribution in [0, 0.1) is 6.92 Å². The number of nitrogens with two attached hydrogens (primary N) is 1. The largest absolute Gasteiger partial charge is 0.435 e. The minimum Gasteiger partial charge on any atom is -0.435 e. The van der Waals surface area contributed by atoms with Crippen LogP contribution in [0.1, 0.15) is 22.7 Å². The van der Waals surface area contributed by atoms with Crippen molar-refractivity contribution in [2.24, 2.45) is 0 Å². The highest BCUT2D eigenvalue weighted by molar-refractivity contribution is 5.88. The number of ether oxygens (including phenoxy) is 1. The average Bonchev–Trinajstić information content (AvgIpc) is 2.91. The lowest BCUT2D eigenvalue weighted by atomic mass is 9.91. The SMILES string of the molecule is Cc1ccc2cccc(Oc3ncnc(NNC(=O)C(c4ccccc4)c4ccccc4)c3N)c2n1. The zero-order valence-electron chi connectivity index (χ0n) is 19.6. The maximum atomic E-state index is 13.3. The molecule has 4 N–H and O–H groups in total. The van der Waals surface area contributed by atoms with Gasteiger partial charge in [-0.1, -0.05) is 78.9 Å². The first kappa shape index (κ1) is 22.8. The fourth-order valence-corrected chi connectivity index (χ4v) is 3.94. The van der Waals surface area contributed by atoms with Gasteiger partial charge >= 0.3 is 0 Å². The topological polar surface area (TPSA) is 115 Å². The van der Waals surface area contributed by atoms with Crippen LogP contribution >= 0.6 is 0 Å². The van der Waals surface area contributed by atoms with E-state index in [0.29, 0.717) is 11.3 Å². The number of hydrazine groups is 1. The molecule has 0 atom stereocenters. The molecule has 0 aliphatic rings. The van der Waals surface area contributed by atoms with E-state index in [0.717, 1.165) is 22.2 Å². The quantitative estimate of drug-likeness (QED) is 0.284. The number of amides is 1. The van der Waals surface area contributed by atoms with E-state index < -0.39 is 5.92 Å². The summed E-state index contributed by atoms with van der Waals surface area (Å²) in [7, 11) is 0. The molecule has 0 fully saturated rings. The summed E-state index contributed by atoms with van der Waals surface area (Å²) >= 11 is 0. The van der Waals surface area contributed by atoms with Gasteiger partial charge in [0, 0.05) is 11.1 Å². The Morgan fingerprint density at radius 2 is 1.56 bits per heavy atom. The van der Waals surface area contributed by atoms with E-state index in [4.69, 9.17) is 10.5 Å². The molecule has 0 saturated heterocycles. The van der Waals surface area contributed by atoms with E-state index in [1.165, 1.54) is 6.33 Å². The number of hydrogen-bond acceptors (Lipinski definition) is 7. The van der Waals surface area contributed by atoms with Gasteiger partial charge in [-0.25, -0.2) is 9.97 Å². The average molecular weight is 477 g/mol. The van der Waals surface area contributed by atoms with Crippen molar-refractivity contribution in [3.8, 4) is 11.6 Å². The number of nitrogens with one attached hydrogen (secondary N) is 2. The van der Waals surface area contributed by atoms with Gasteiger partial charge in [0.25, 0.3) is 0 Å². The van der Waals surface area contributed by atoms with Crippen molar-refractivity contribution in [1.29, 1.82) is 0 Å². The molecule has 0 unspecified atom stereocenters. The molecule has 0 spiro atoms. The molecule has 2 aromatic heterocycles. The summed E-state index contributed by atoms with van der Waals surface area (Å²) in [5.41, 5.74) is 15.3. The van der Waals surface area contributed by atoms with Crippen molar-refractivity contribution in [3.63, 3.8) is 0 Å². The predicted octanol–water partition coefficient (Wildman–Crippen LogP) is 4.98. The van der Waals surface area contributed by atoms with Gasteiger partial charge < -0.3 is 10.5 Å². The van der Waals surface area contributed by atoms with Crippen molar-refractivity contribution < 1.29 is 9.53 Å². The summed E-state index contributed by atoms with van der Waals surface area (Å²) in [5.74, 6) is 0.105. The second-order valence-corrected chi connectivity index (χ2v) is 8.19. The van der Waals surface area contributed by atoms with E-state index in [1.54, 1.807) is 6.07 Å². The number of hydrogen-bond donors (Lipinski definition) is 3. The first-order valence-corrected chi connectivity index (χ1v) is 11.4. The number of fused-ring (bicyclic) bond motifs is 1. The van der Waals surface area contributed by atoms with Crippen molar-refractivity contribution >= 4 is 28.3 Å². The van der Waals surface area contributed by atoms with Crippen LogP contribution in [0.2, 0.25) is 0 Å². The van der Waals surface area contributed by atoms with Crippen LogP contribution < -0.4 is 21.3 Å². The van der Waals surface area contributed by atoms with Gasteiger partial charge in [-0.15, -0.1) is 0 Å². The lowest BCUT2D eigenvalue weighted by Crippen LogP contribution is -2.35. The maximum Gasteiger partial charge on any atom is 0.250 e. The van der Waals surface area contributed by atoms with E-state index in [2.05, 4.69) is 25.8 Å². The van der Waals surface area contributed by atoms with Gasteiger partial charge in [0.05, 0.1) is 5.92 Å². The standard InChI is InChI=1S/C28H24N6O2/c1-18-15-16-21-13-8-14-22(25(21)32-18)36-28-24(29)26(30-17-31-28)33-34-27(35)23(19-9-4-2-5-10-19)20-11-6-3-7-12-20/h2-17,23H,29H2,1H3,(H,34,35)(H,30,31,33). The second kappa shape index (κ2) is 10.1. The first-order valence-electron chi connectivity index (χ1n) is 11.4. The summed E-state index contributed by atoms with van der Waals surface area (Å²) in [4.78, 5) is 26.2. The molecule has 8 heteroatoms. The van der Waals surface area contributed by atoms with Gasteiger partial charge in [0.1, 0.15) is 17.5 Å². The second-order valence-electron chi connectivity index (χ2n) is 8.19. The monoisotopic (exact) mass is 476 g/mol. The molecule has 3 aromatic carbocycles. The molecule has 1 amide bonds. The predicted molar refractivity (Wildman–Crippen MR) is 139 cm³/mol. The van der Waals surface area contributed by atoms with Crippen LogP contribution in [0.4, 0.5) is 11.5 Å². The number of carbonyl (C=O) groups is 1. The third-order valence-corrected chi connectivity index (χ3v) is 5.71. The zero-order valence-corrected chi connectivity index (χ0v) is 19.6. The van der Waals surface area contributed by atoms with Crippen molar-refractivity contribution in [2.75, 3.05) is 11.2 Å². The Morgan fingerprint density at radius 1 is 0.861 bits per heavy atom. The molecule has 0 bridgehead atoms. The number of nitrogen functional groups attached to an aromatic ring is 1. The normalized spacial score (nSPS) is 10.8. The molecular formula is C28H24N6O2. The van der Waals surface area contributed by atoms with Crippen LogP contribution in [0.15, 0.2) is 97.3 Å². The number of para-hydroxylation sites is 1. The van der Waals surface area contributed by atoms with Crippen LogP contribution in [0.5, 0.6) is 11.6 Å². The molecule has 5 rings (SSSR count). The minimum absolute atomic E-state index is 0.151. The number of anilines is 2. The van der Waals surface area contributed by atoms with E-state index >= 15 is 0 Å². The number of benzene rings is 3. The number of pyridine rings is 1. The van der Waals surface area contributed by atoms with Crippen molar-refractivity contribution in [2.45, 2.75) is 12.8 Å². The summed E-state index contributed by atoms with van der Waals surface area (Å²) in [5, 5.41) is 0.934. The Bertz CT molecular complexity index is 1470. The number of nitrogens with zero attached hydrogens (tertiary/aromatic N) is 3. The Balaban J connectivity index is 1.38. The molecule has 178 valence electrons. The third kappa shape index (κ3) is 4.78. The number of aromatic nitrogens is 3. The van der Waals surface area contributed by atoms with Gasteiger partial charge in [-0.05, 0) is 30.2 Å². The third-order valence-electron chi connectivity index (χ3n) is 5.71. The number of rotatable bonds is 7. The lowest BCUT2D eigenvalue weighted by molar-refractivity contribution is -0.121. The van der Waals surface area contributed by atoms with Crippen molar-refractivity contribution in [1.82, 2.24) is 20.4 Å². The summed E-state index contributed by atoms with van der Waals surface area (Å²) in [6.07, 6.45) is 1.32. The highest BCUT2D eigenvalue weighted by Crippen LogP contribution is 2.33. The van der Waals surface area contributed by atoms with Crippen LogP contribution in [0.3, 0.4) is 0 Å². The molecular weight excluding hydrogens is 452 g/mol. The van der Waals surface area contributed by atoms with Crippen LogP contribution in [-0.4, -0.2) is 20.9 Å². The van der Waals surface area contributed by atoms with E-state index in [9.17, 15) is 4.79 Å². The first-order chi connectivity index (χ1) is 17.6. The molecule has 2 heterocycles. The minimum atomic E-state index is -0.524. The van der Waals surface area contributed by atoms with Gasteiger partial charge in [-0.3, -0.25) is 15.6 Å². The molecule has 5 aromatic rings. The van der Waals surface area contributed by atoms with Gasteiger partial charge in [0.2, 0.25) is 11.8 Å². The molecule has 0 aliphatic heterocycles. The zero-order chi connectivity index (χ0) is 24.9. The highest BCUT2D eigenvalue weighted by atomic mass is 16.5. The smallest absolute Gasteiger partial charge is 0.250 e. The summed E-state index contributed by atoms with van der Waals surface area (Å²) in [6, 6.07) is 28.7. The molecule has 0 saturated carbocycles. The summed E-state index contributed by atoms with van der Waals surface area (Å²) in [6.45, 7) is 1.91. The number of carbonyl (C=O) groups excluding carboxylic acids is 1. The lowest BCUT2D eigenvalue weighted by Gasteiger charge is -2.19. The molecule has 8 nitrogen and oxygen atoms in total. The fraction of sp³-hybridized carbons (Fsp3) is 0.0714. The van der Waals surface area contributed by atoms with Gasteiger partial charge in [-0.2, -0.15) is 4.98 Å².